The van der Waals surface area contributed by atoms with Crippen molar-refractivity contribution < 1.29 is 29.3 Å². The van der Waals surface area contributed by atoms with Crippen LogP contribution in [-0.2, 0) is 20.7 Å². The number of alkyl carbamates (subject to hydrolysis) is 1. The Morgan fingerprint density at radius 1 is 1.06 bits per heavy atom. The first kappa shape index (κ1) is 25.2. The molecule has 0 spiro atoms. The molecule has 0 bridgehead atoms. The number of ether oxygens (including phenoxy) is 1. The van der Waals surface area contributed by atoms with Gasteiger partial charge in [-0.2, -0.15) is 0 Å². The lowest BCUT2D eigenvalue weighted by molar-refractivity contribution is -0.147. The van der Waals surface area contributed by atoms with E-state index in [-0.39, 0.29) is 25.4 Å². The molecule has 1 saturated heterocycles. The normalized spacial score (nSPS) is 19.1. The van der Waals surface area contributed by atoms with Crippen LogP contribution >= 0.6 is 0 Å². The van der Waals surface area contributed by atoms with Gasteiger partial charge in [0.05, 0.1) is 12.8 Å². The SMILES string of the molecule is CCOC(=O)NC1CC(C(=O)NC(Cc2ccc(-c3ccccc3)cc2)C[C@@H](O)C(=O)O)NN1. The molecule has 1 heterocycles. The van der Waals surface area contributed by atoms with Gasteiger partial charge >= 0.3 is 12.1 Å². The largest absolute Gasteiger partial charge is 0.479 e. The summed E-state index contributed by atoms with van der Waals surface area (Å²) in [6.45, 7) is 1.92. The zero-order valence-electron chi connectivity index (χ0n) is 18.9. The molecule has 2 aromatic carbocycles. The zero-order valence-corrected chi connectivity index (χ0v) is 18.9. The van der Waals surface area contributed by atoms with Crippen molar-refractivity contribution in [1.29, 1.82) is 0 Å². The van der Waals surface area contributed by atoms with Crippen LogP contribution in [0.2, 0.25) is 0 Å². The van der Waals surface area contributed by atoms with Gasteiger partial charge in [-0.05, 0) is 30.0 Å². The number of benzene rings is 2. The van der Waals surface area contributed by atoms with E-state index in [0.29, 0.717) is 6.42 Å². The number of carbonyl (C=O) groups is 3. The summed E-state index contributed by atoms with van der Waals surface area (Å²) in [7, 11) is 0. The second kappa shape index (κ2) is 12.1. The zero-order chi connectivity index (χ0) is 24.5. The molecule has 0 aromatic heterocycles. The number of aliphatic hydroxyl groups excluding tert-OH is 1. The molecular weight excluding hydrogens is 440 g/mol. The van der Waals surface area contributed by atoms with Crippen LogP contribution in [0.15, 0.2) is 54.6 Å². The molecule has 0 aliphatic carbocycles. The average molecular weight is 471 g/mol. The number of aliphatic hydroxyl groups is 1. The molecule has 3 rings (SSSR count). The summed E-state index contributed by atoms with van der Waals surface area (Å²) in [4.78, 5) is 35.6. The lowest BCUT2D eigenvalue weighted by atomic mass is 9.97. The van der Waals surface area contributed by atoms with Crippen molar-refractivity contribution in [3.8, 4) is 11.1 Å². The highest BCUT2D eigenvalue weighted by Crippen LogP contribution is 2.20. The number of carbonyl (C=O) groups excluding carboxylic acids is 2. The van der Waals surface area contributed by atoms with Crippen LogP contribution in [0.1, 0.15) is 25.3 Å². The molecule has 3 unspecified atom stereocenters. The summed E-state index contributed by atoms with van der Waals surface area (Å²) < 4.78 is 4.83. The van der Waals surface area contributed by atoms with Gasteiger partial charge in [-0.1, -0.05) is 54.6 Å². The maximum Gasteiger partial charge on any atom is 0.408 e. The summed E-state index contributed by atoms with van der Waals surface area (Å²) in [6, 6.07) is 16.4. The van der Waals surface area contributed by atoms with Gasteiger partial charge in [-0.15, -0.1) is 0 Å². The van der Waals surface area contributed by atoms with Gasteiger partial charge in [0, 0.05) is 18.9 Å². The van der Waals surface area contributed by atoms with Crippen LogP contribution in [-0.4, -0.2) is 59.1 Å². The number of nitrogens with one attached hydrogen (secondary N) is 4. The minimum absolute atomic E-state index is 0.147. The van der Waals surface area contributed by atoms with Gasteiger partial charge in [0.2, 0.25) is 5.91 Å². The van der Waals surface area contributed by atoms with E-state index in [1.165, 1.54) is 0 Å². The van der Waals surface area contributed by atoms with Crippen molar-refractivity contribution in [2.75, 3.05) is 6.61 Å². The highest BCUT2D eigenvalue weighted by atomic mass is 16.5. The number of hydrazine groups is 1. The first-order chi connectivity index (χ1) is 16.4. The molecular formula is C24H30N4O6. The van der Waals surface area contributed by atoms with E-state index in [1.54, 1.807) is 6.92 Å². The maximum absolute atomic E-state index is 12.8. The lowest BCUT2D eigenvalue weighted by Gasteiger charge is -2.22. The van der Waals surface area contributed by atoms with Crippen LogP contribution in [0.5, 0.6) is 0 Å². The van der Waals surface area contributed by atoms with Crippen molar-refractivity contribution in [3.63, 3.8) is 0 Å². The highest BCUT2D eigenvalue weighted by molar-refractivity contribution is 5.82. The third kappa shape index (κ3) is 7.27. The van der Waals surface area contributed by atoms with Gasteiger partial charge in [0.25, 0.3) is 0 Å². The molecule has 0 saturated carbocycles. The van der Waals surface area contributed by atoms with Gasteiger partial charge in [0.1, 0.15) is 6.04 Å². The Balaban J connectivity index is 1.62. The fourth-order valence-electron chi connectivity index (χ4n) is 3.75. The second-order valence-electron chi connectivity index (χ2n) is 8.06. The highest BCUT2D eigenvalue weighted by Gasteiger charge is 2.32. The summed E-state index contributed by atoms with van der Waals surface area (Å²) in [5.41, 5.74) is 8.63. The summed E-state index contributed by atoms with van der Waals surface area (Å²) >= 11 is 0. The number of carboxylic acid groups (broad SMARTS) is 1. The van der Waals surface area contributed by atoms with Crippen LogP contribution in [0.25, 0.3) is 11.1 Å². The molecule has 6 N–H and O–H groups in total. The van der Waals surface area contributed by atoms with Crippen molar-refractivity contribution in [1.82, 2.24) is 21.5 Å². The van der Waals surface area contributed by atoms with Crippen molar-refractivity contribution in [2.45, 2.75) is 50.5 Å². The van der Waals surface area contributed by atoms with E-state index in [0.717, 1.165) is 16.7 Å². The Hall–Kier alpha value is -3.47. The maximum atomic E-state index is 12.8. The molecule has 1 aliphatic rings. The minimum Gasteiger partial charge on any atom is -0.479 e. The van der Waals surface area contributed by atoms with E-state index in [9.17, 15) is 19.5 Å². The van der Waals surface area contributed by atoms with E-state index >= 15 is 0 Å². The predicted octanol–water partition coefficient (Wildman–Crippen LogP) is 1.16. The predicted molar refractivity (Wildman–Crippen MR) is 124 cm³/mol. The molecule has 0 radical (unpaired) electrons. The fraction of sp³-hybridized carbons (Fsp3) is 0.375. The molecule has 1 fully saturated rings. The summed E-state index contributed by atoms with van der Waals surface area (Å²) in [6.07, 6.45) is -2.23. The van der Waals surface area contributed by atoms with Crippen molar-refractivity contribution in [3.05, 3.63) is 60.2 Å². The summed E-state index contributed by atoms with van der Waals surface area (Å²) in [5, 5.41) is 24.4. The quantitative estimate of drug-likeness (QED) is 0.303. The molecule has 2 aromatic rings. The van der Waals surface area contributed by atoms with Crippen molar-refractivity contribution in [2.24, 2.45) is 0 Å². The Morgan fingerprint density at radius 3 is 2.38 bits per heavy atom. The Kier molecular flexibility index (Phi) is 8.97. The van der Waals surface area contributed by atoms with Crippen LogP contribution in [0.3, 0.4) is 0 Å². The monoisotopic (exact) mass is 470 g/mol. The standard InChI is InChI=1S/C24H30N4O6/c1-2-34-24(33)26-21-14-19(27-28-21)22(30)25-18(13-20(29)23(31)32)12-15-8-10-17(11-9-15)16-6-4-3-5-7-16/h3-11,18-21,27-29H,2,12-14H2,1H3,(H,25,30)(H,26,33)(H,31,32)/t18?,19?,20-,21?/m1/s1. The van der Waals surface area contributed by atoms with Gasteiger partial charge in [-0.3, -0.25) is 4.79 Å². The number of aliphatic carboxylic acids is 1. The van der Waals surface area contributed by atoms with Gasteiger partial charge < -0.3 is 25.6 Å². The molecule has 10 heteroatoms. The minimum atomic E-state index is -1.61. The van der Waals surface area contributed by atoms with Crippen molar-refractivity contribution >= 4 is 18.0 Å². The molecule has 182 valence electrons. The molecule has 10 nitrogen and oxygen atoms in total. The first-order valence-electron chi connectivity index (χ1n) is 11.2. The molecule has 4 atom stereocenters. The van der Waals surface area contributed by atoms with E-state index in [2.05, 4.69) is 21.5 Å². The average Bonchev–Trinajstić information content (AvgIpc) is 3.28. The number of carboxylic acids is 1. The number of hydrogen-bond acceptors (Lipinski definition) is 7. The Morgan fingerprint density at radius 2 is 1.74 bits per heavy atom. The molecule has 1 aliphatic heterocycles. The lowest BCUT2D eigenvalue weighted by Crippen LogP contribution is -2.49. The van der Waals surface area contributed by atoms with Crippen LogP contribution in [0, 0.1) is 0 Å². The van der Waals surface area contributed by atoms with E-state index in [4.69, 9.17) is 9.84 Å². The first-order valence-corrected chi connectivity index (χ1v) is 11.2. The van der Waals surface area contributed by atoms with Gasteiger partial charge in [0.15, 0.2) is 6.10 Å². The summed E-state index contributed by atoms with van der Waals surface area (Å²) in [5.74, 6) is -1.72. The Bertz CT molecular complexity index is 969. The van der Waals surface area contributed by atoms with Crippen LogP contribution < -0.4 is 21.5 Å². The smallest absolute Gasteiger partial charge is 0.408 e. The number of hydrogen-bond donors (Lipinski definition) is 6. The van der Waals surface area contributed by atoms with Gasteiger partial charge in [-0.25, -0.2) is 20.4 Å². The third-order valence-electron chi connectivity index (χ3n) is 5.47. The molecule has 34 heavy (non-hydrogen) atoms. The topological polar surface area (TPSA) is 149 Å². The fourth-order valence-corrected chi connectivity index (χ4v) is 3.75. The van der Waals surface area contributed by atoms with E-state index < -0.39 is 36.4 Å². The van der Waals surface area contributed by atoms with Crippen LogP contribution in [0.4, 0.5) is 4.79 Å². The second-order valence-corrected chi connectivity index (χ2v) is 8.06. The molecule has 2 amide bonds. The number of rotatable bonds is 10. The number of amides is 2. The third-order valence-corrected chi connectivity index (χ3v) is 5.47. The Labute approximate surface area is 197 Å². The van der Waals surface area contributed by atoms with E-state index in [1.807, 2.05) is 54.6 Å².